The van der Waals surface area contributed by atoms with Crippen molar-refractivity contribution in [3.05, 3.63) is 42.2 Å². The topological polar surface area (TPSA) is 34.8 Å². The van der Waals surface area contributed by atoms with Crippen molar-refractivity contribution in [2.45, 2.75) is 45.8 Å². The lowest BCUT2D eigenvalue weighted by molar-refractivity contribution is 0.495. The van der Waals surface area contributed by atoms with Crippen LogP contribution < -0.4 is 5.32 Å². The Kier molecular flexibility index (Phi) is 3.92. The molecule has 1 saturated carbocycles. The van der Waals surface area contributed by atoms with E-state index >= 15 is 0 Å². The fraction of sp³-hybridized carbons (Fsp3) is 0.562. The van der Waals surface area contributed by atoms with E-state index in [1.807, 2.05) is 12.5 Å². The third kappa shape index (κ3) is 2.80. The molecule has 0 saturated heterocycles. The Labute approximate surface area is 120 Å². The van der Waals surface area contributed by atoms with E-state index in [4.69, 9.17) is 0 Å². The van der Waals surface area contributed by atoms with Crippen LogP contribution in [0.1, 0.15) is 44.0 Å². The zero-order chi connectivity index (χ0) is 13.9. The molecule has 0 aliphatic heterocycles. The van der Waals surface area contributed by atoms with Crippen LogP contribution in [0.4, 0.5) is 0 Å². The molecule has 20 heavy (non-hydrogen) atoms. The number of hydrogen-bond acceptors (Lipinski definition) is 2. The summed E-state index contributed by atoms with van der Waals surface area (Å²) in [5.74, 6) is 0.840. The van der Waals surface area contributed by atoms with Crippen LogP contribution in [0.2, 0.25) is 0 Å². The van der Waals surface area contributed by atoms with Crippen molar-refractivity contribution in [2.24, 2.45) is 5.92 Å². The highest BCUT2D eigenvalue weighted by atomic mass is 15.1. The molecular weight excluding hydrogens is 248 g/mol. The van der Waals surface area contributed by atoms with Crippen molar-refractivity contribution in [1.29, 1.82) is 0 Å². The average Bonchev–Trinajstić information content (AvgIpc) is 3.02. The molecule has 1 fully saturated rings. The number of nitrogens with one attached hydrogen (secondary N) is 1. The SMILES string of the molecule is CCNC(c1ccn(Cc2cncn2CC)c1)C1CC1. The van der Waals surface area contributed by atoms with Gasteiger partial charge in [-0.25, -0.2) is 4.98 Å². The molecule has 1 N–H and O–H groups in total. The number of rotatable bonds is 7. The minimum atomic E-state index is 0.539. The molecule has 0 bridgehead atoms. The molecule has 108 valence electrons. The molecule has 0 spiro atoms. The van der Waals surface area contributed by atoms with Crippen LogP contribution >= 0.6 is 0 Å². The van der Waals surface area contributed by atoms with E-state index in [9.17, 15) is 0 Å². The highest BCUT2D eigenvalue weighted by Crippen LogP contribution is 2.41. The van der Waals surface area contributed by atoms with Crippen LogP contribution in [0.5, 0.6) is 0 Å². The lowest BCUT2D eigenvalue weighted by atomic mass is 10.1. The van der Waals surface area contributed by atoms with E-state index in [1.165, 1.54) is 24.1 Å². The number of imidazole rings is 1. The molecular formula is C16H24N4. The molecule has 0 aromatic carbocycles. The van der Waals surface area contributed by atoms with E-state index < -0.39 is 0 Å². The van der Waals surface area contributed by atoms with E-state index in [1.54, 1.807) is 0 Å². The Morgan fingerprint density at radius 2 is 2.25 bits per heavy atom. The lowest BCUT2D eigenvalue weighted by Gasteiger charge is -2.15. The molecule has 1 atom stereocenters. The normalized spacial score (nSPS) is 16.5. The molecule has 0 amide bonds. The van der Waals surface area contributed by atoms with Gasteiger partial charge in [0.2, 0.25) is 0 Å². The molecule has 1 aliphatic carbocycles. The molecule has 4 heteroatoms. The zero-order valence-corrected chi connectivity index (χ0v) is 12.4. The molecule has 2 heterocycles. The number of aromatic nitrogens is 3. The zero-order valence-electron chi connectivity index (χ0n) is 12.4. The summed E-state index contributed by atoms with van der Waals surface area (Å²) < 4.78 is 4.47. The van der Waals surface area contributed by atoms with Gasteiger partial charge >= 0.3 is 0 Å². The summed E-state index contributed by atoms with van der Waals surface area (Å²) in [6.07, 6.45) is 11.1. The fourth-order valence-corrected chi connectivity index (χ4v) is 2.90. The maximum absolute atomic E-state index is 4.24. The van der Waals surface area contributed by atoms with E-state index in [0.717, 1.165) is 25.6 Å². The van der Waals surface area contributed by atoms with Gasteiger partial charge in [-0.05, 0) is 43.9 Å². The van der Waals surface area contributed by atoms with Gasteiger partial charge in [-0.2, -0.15) is 0 Å². The van der Waals surface area contributed by atoms with Crippen molar-refractivity contribution < 1.29 is 0 Å². The first-order chi connectivity index (χ1) is 9.81. The van der Waals surface area contributed by atoms with Crippen LogP contribution in [-0.2, 0) is 13.1 Å². The van der Waals surface area contributed by atoms with Gasteiger partial charge in [-0.3, -0.25) is 0 Å². The first kappa shape index (κ1) is 13.4. The fourth-order valence-electron chi connectivity index (χ4n) is 2.90. The summed E-state index contributed by atoms with van der Waals surface area (Å²) in [6.45, 7) is 7.25. The predicted octanol–water partition coefficient (Wildman–Crippen LogP) is 2.81. The second kappa shape index (κ2) is 5.83. The van der Waals surface area contributed by atoms with Crippen molar-refractivity contribution in [1.82, 2.24) is 19.4 Å². The number of aryl methyl sites for hydroxylation is 1. The highest BCUT2D eigenvalue weighted by Gasteiger charge is 2.32. The summed E-state index contributed by atoms with van der Waals surface area (Å²) in [5, 5.41) is 3.62. The van der Waals surface area contributed by atoms with Crippen LogP contribution in [0.15, 0.2) is 31.0 Å². The molecule has 2 aromatic heterocycles. The summed E-state index contributed by atoms with van der Waals surface area (Å²) in [5.41, 5.74) is 2.69. The number of hydrogen-bond donors (Lipinski definition) is 1. The molecule has 4 nitrogen and oxygen atoms in total. The largest absolute Gasteiger partial charge is 0.348 e. The van der Waals surface area contributed by atoms with Gasteiger partial charge in [-0.1, -0.05) is 6.92 Å². The Morgan fingerprint density at radius 1 is 1.40 bits per heavy atom. The van der Waals surface area contributed by atoms with Gasteiger partial charge in [0.05, 0.1) is 18.6 Å². The van der Waals surface area contributed by atoms with Crippen molar-refractivity contribution in [2.75, 3.05) is 6.54 Å². The Balaban J connectivity index is 1.72. The third-order valence-corrected chi connectivity index (χ3v) is 4.13. The number of nitrogens with zero attached hydrogens (tertiary/aromatic N) is 3. The molecule has 1 aliphatic rings. The first-order valence-corrected chi connectivity index (χ1v) is 7.69. The standard InChI is InChI=1S/C16H24N4/c1-3-18-16(13-5-6-13)14-7-8-19(10-14)11-15-9-17-12-20(15)4-2/h7-10,12-13,16,18H,3-6,11H2,1-2H3. The summed E-state index contributed by atoms with van der Waals surface area (Å²) in [7, 11) is 0. The minimum absolute atomic E-state index is 0.539. The van der Waals surface area contributed by atoms with Gasteiger partial charge in [0.1, 0.15) is 0 Å². The van der Waals surface area contributed by atoms with Crippen molar-refractivity contribution in [3.8, 4) is 0 Å². The van der Waals surface area contributed by atoms with Crippen molar-refractivity contribution in [3.63, 3.8) is 0 Å². The molecule has 3 rings (SSSR count). The smallest absolute Gasteiger partial charge is 0.0948 e. The third-order valence-electron chi connectivity index (χ3n) is 4.13. The molecule has 2 aromatic rings. The maximum atomic E-state index is 4.24. The second-order valence-electron chi connectivity index (χ2n) is 5.66. The van der Waals surface area contributed by atoms with Gasteiger partial charge in [-0.15, -0.1) is 0 Å². The van der Waals surface area contributed by atoms with Gasteiger partial charge in [0.15, 0.2) is 0 Å². The summed E-state index contributed by atoms with van der Waals surface area (Å²) >= 11 is 0. The van der Waals surface area contributed by atoms with E-state index in [-0.39, 0.29) is 0 Å². The Morgan fingerprint density at radius 3 is 2.95 bits per heavy atom. The van der Waals surface area contributed by atoms with E-state index in [2.05, 4.69) is 51.7 Å². The first-order valence-electron chi connectivity index (χ1n) is 7.69. The average molecular weight is 272 g/mol. The van der Waals surface area contributed by atoms with Gasteiger partial charge in [0, 0.05) is 31.2 Å². The molecule has 0 radical (unpaired) electrons. The predicted molar refractivity (Wildman–Crippen MR) is 80.6 cm³/mol. The quantitative estimate of drug-likeness (QED) is 0.841. The minimum Gasteiger partial charge on any atom is -0.348 e. The second-order valence-corrected chi connectivity index (χ2v) is 5.66. The summed E-state index contributed by atoms with van der Waals surface area (Å²) in [6, 6.07) is 2.80. The Bertz CT molecular complexity index is 550. The van der Waals surface area contributed by atoms with Crippen LogP contribution in [0, 0.1) is 5.92 Å². The van der Waals surface area contributed by atoms with Crippen molar-refractivity contribution >= 4 is 0 Å². The maximum Gasteiger partial charge on any atom is 0.0948 e. The van der Waals surface area contributed by atoms with E-state index in [0.29, 0.717) is 6.04 Å². The Hall–Kier alpha value is -1.55. The van der Waals surface area contributed by atoms with Gasteiger partial charge < -0.3 is 14.5 Å². The lowest BCUT2D eigenvalue weighted by Crippen LogP contribution is -2.22. The highest BCUT2D eigenvalue weighted by molar-refractivity contribution is 5.19. The van der Waals surface area contributed by atoms with Gasteiger partial charge in [0.25, 0.3) is 0 Å². The van der Waals surface area contributed by atoms with Crippen LogP contribution in [0.25, 0.3) is 0 Å². The summed E-state index contributed by atoms with van der Waals surface area (Å²) in [4.78, 5) is 4.24. The van der Waals surface area contributed by atoms with Crippen LogP contribution in [0.3, 0.4) is 0 Å². The monoisotopic (exact) mass is 272 g/mol. The van der Waals surface area contributed by atoms with Crippen LogP contribution in [-0.4, -0.2) is 20.7 Å². The molecule has 1 unspecified atom stereocenters.